The maximum atomic E-state index is 12.4. The second-order valence-corrected chi connectivity index (χ2v) is 7.35. The number of piperidine rings is 1. The number of amides is 1. The number of carbonyl (C=O) groups is 1. The Labute approximate surface area is 133 Å². The fourth-order valence-corrected chi connectivity index (χ4v) is 4.22. The smallest absolute Gasteiger partial charge is 0.261 e. The molecule has 2 unspecified atom stereocenters. The topological polar surface area (TPSA) is 50.4 Å². The first-order chi connectivity index (χ1) is 10.7. The molecule has 2 aliphatic rings. The molecule has 1 aromatic heterocycles. The van der Waals surface area contributed by atoms with Crippen LogP contribution in [0.15, 0.2) is 18.2 Å². The number of carbonyl (C=O) groups excluding carboxylic acids is 1. The van der Waals surface area contributed by atoms with Crippen LogP contribution in [0.5, 0.6) is 5.75 Å². The van der Waals surface area contributed by atoms with Gasteiger partial charge in [0.2, 0.25) is 0 Å². The summed E-state index contributed by atoms with van der Waals surface area (Å²) < 4.78 is 6.83. The van der Waals surface area contributed by atoms with Gasteiger partial charge in [0, 0.05) is 28.8 Å². The highest BCUT2D eigenvalue weighted by molar-refractivity contribution is 7.20. The lowest BCUT2D eigenvalue weighted by Crippen LogP contribution is -2.45. The van der Waals surface area contributed by atoms with Crippen molar-refractivity contribution in [1.29, 1.82) is 0 Å². The van der Waals surface area contributed by atoms with Gasteiger partial charge in [-0.3, -0.25) is 4.79 Å². The zero-order chi connectivity index (χ0) is 15.1. The van der Waals surface area contributed by atoms with Gasteiger partial charge in [0.05, 0.1) is 11.5 Å². The monoisotopic (exact) mass is 316 g/mol. The Bertz CT molecular complexity index is 719. The van der Waals surface area contributed by atoms with Gasteiger partial charge in [0.15, 0.2) is 0 Å². The highest BCUT2D eigenvalue weighted by Crippen LogP contribution is 2.39. The van der Waals surface area contributed by atoms with Gasteiger partial charge in [0.1, 0.15) is 5.75 Å². The van der Waals surface area contributed by atoms with Crippen LogP contribution < -0.4 is 15.4 Å². The third-order valence-electron chi connectivity index (χ3n) is 4.52. The van der Waals surface area contributed by atoms with E-state index in [1.54, 1.807) is 11.3 Å². The molecule has 116 valence electrons. The zero-order valence-corrected chi connectivity index (χ0v) is 13.5. The molecule has 0 spiro atoms. The SMILES string of the molecule is CC1COc2cc3sc(C(=O)NC4CCCNC4)cc3cc21. The summed E-state index contributed by atoms with van der Waals surface area (Å²) in [6, 6.07) is 6.52. The first-order valence-corrected chi connectivity index (χ1v) is 8.74. The van der Waals surface area contributed by atoms with Crippen LogP contribution in [-0.4, -0.2) is 31.6 Å². The van der Waals surface area contributed by atoms with E-state index in [1.165, 1.54) is 5.56 Å². The average Bonchev–Trinajstić information content (AvgIpc) is 3.10. The minimum atomic E-state index is 0.0454. The van der Waals surface area contributed by atoms with Gasteiger partial charge in [-0.1, -0.05) is 6.92 Å². The third kappa shape index (κ3) is 2.48. The summed E-state index contributed by atoms with van der Waals surface area (Å²) in [5.41, 5.74) is 1.26. The summed E-state index contributed by atoms with van der Waals surface area (Å²) in [5, 5.41) is 7.61. The van der Waals surface area contributed by atoms with E-state index in [2.05, 4.69) is 29.7 Å². The van der Waals surface area contributed by atoms with E-state index in [9.17, 15) is 4.79 Å². The summed E-state index contributed by atoms with van der Waals surface area (Å²) in [7, 11) is 0. The molecule has 2 aromatic rings. The summed E-state index contributed by atoms with van der Waals surface area (Å²) in [6.07, 6.45) is 2.18. The van der Waals surface area contributed by atoms with E-state index in [4.69, 9.17) is 4.74 Å². The third-order valence-corrected chi connectivity index (χ3v) is 5.62. The van der Waals surface area contributed by atoms with Crippen molar-refractivity contribution in [3.05, 3.63) is 28.6 Å². The van der Waals surface area contributed by atoms with Crippen molar-refractivity contribution in [3.8, 4) is 5.75 Å². The summed E-state index contributed by atoms with van der Waals surface area (Å²) in [4.78, 5) is 13.2. The summed E-state index contributed by atoms with van der Waals surface area (Å²) in [5.74, 6) is 1.46. The Hall–Kier alpha value is -1.59. The van der Waals surface area contributed by atoms with Gasteiger partial charge in [-0.05, 0) is 43.0 Å². The molecule has 0 saturated carbocycles. The molecule has 5 heteroatoms. The first kappa shape index (κ1) is 14.0. The fourth-order valence-electron chi connectivity index (χ4n) is 3.24. The van der Waals surface area contributed by atoms with E-state index in [0.29, 0.717) is 5.92 Å². The molecule has 1 aromatic carbocycles. The van der Waals surface area contributed by atoms with Gasteiger partial charge in [-0.25, -0.2) is 0 Å². The Morgan fingerprint density at radius 2 is 2.32 bits per heavy atom. The summed E-state index contributed by atoms with van der Waals surface area (Å²) >= 11 is 1.55. The minimum absolute atomic E-state index is 0.0454. The van der Waals surface area contributed by atoms with Gasteiger partial charge in [-0.2, -0.15) is 0 Å². The molecule has 2 aliphatic heterocycles. The molecular weight excluding hydrogens is 296 g/mol. The van der Waals surface area contributed by atoms with Gasteiger partial charge in [-0.15, -0.1) is 11.3 Å². The van der Waals surface area contributed by atoms with Gasteiger partial charge >= 0.3 is 0 Å². The maximum absolute atomic E-state index is 12.4. The van der Waals surface area contributed by atoms with Crippen molar-refractivity contribution in [3.63, 3.8) is 0 Å². The lowest BCUT2D eigenvalue weighted by molar-refractivity contribution is 0.0935. The minimum Gasteiger partial charge on any atom is -0.493 e. The molecule has 1 amide bonds. The zero-order valence-electron chi connectivity index (χ0n) is 12.6. The van der Waals surface area contributed by atoms with E-state index in [-0.39, 0.29) is 11.9 Å². The number of hydrogen-bond donors (Lipinski definition) is 2. The largest absolute Gasteiger partial charge is 0.493 e. The van der Waals surface area contributed by atoms with Gasteiger partial charge < -0.3 is 15.4 Å². The number of ether oxygens (including phenoxy) is 1. The fraction of sp³-hybridized carbons (Fsp3) is 0.471. The molecule has 0 radical (unpaired) electrons. The Morgan fingerprint density at radius 1 is 1.41 bits per heavy atom. The Balaban J connectivity index is 1.58. The summed E-state index contributed by atoms with van der Waals surface area (Å²) in [6.45, 7) is 4.86. The first-order valence-electron chi connectivity index (χ1n) is 7.92. The van der Waals surface area contributed by atoms with E-state index in [0.717, 1.165) is 53.3 Å². The van der Waals surface area contributed by atoms with Gasteiger partial charge in [0.25, 0.3) is 5.91 Å². The second kappa shape index (κ2) is 5.56. The van der Waals surface area contributed by atoms with Crippen LogP contribution in [0.3, 0.4) is 0 Å². The number of fused-ring (bicyclic) bond motifs is 2. The second-order valence-electron chi connectivity index (χ2n) is 6.27. The number of benzene rings is 1. The van der Waals surface area contributed by atoms with E-state index >= 15 is 0 Å². The maximum Gasteiger partial charge on any atom is 0.261 e. The van der Waals surface area contributed by atoms with Crippen molar-refractivity contribution in [2.45, 2.75) is 31.7 Å². The highest BCUT2D eigenvalue weighted by Gasteiger charge is 2.23. The Morgan fingerprint density at radius 3 is 3.14 bits per heavy atom. The highest BCUT2D eigenvalue weighted by atomic mass is 32.1. The number of nitrogens with one attached hydrogen (secondary N) is 2. The molecular formula is C17H20N2O2S. The normalized spacial score (nSPS) is 24.0. The molecule has 0 aliphatic carbocycles. The lowest BCUT2D eigenvalue weighted by Gasteiger charge is -2.23. The van der Waals surface area contributed by atoms with Crippen LogP contribution in [0.1, 0.15) is 40.9 Å². The van der Waals surface area contributed by atoms with E-state index < -0.39 is 0 Å². The van der Waals surface area contributed by atoms with Crippen LogP contribution in [0.25, 0.3) is 10.1 Å². The molecule has 22 heavy (non-hydrogen) atoms. The van der Waals surface area contributed by atoms with Crippen LogP contribution in [0.4, 0.5) is 0 Å². The standard InChI is InChI=1S/C17H20N2O2S/c1-10-9-21-14-7-15-11(5-13(10)14)6-16(22-15)17(20)19-12-3-2-4-18-8-12/h5-7,10,12,18H,2-4,8-9H2,1H3,(H,19,20). The number of thiophene rings is 1. The molecule has 3 heterocycles. The van der Waals surface area contributed by atoms with Crippen LogP contribution >= 0.6 is 11.3 Å². The van der Waals surface area contributed by atoms with Crippen molar-refractivity contribution in [2.75, 3.05) is 19.7 Å². The number of hydrogen-bond acceptors (Lipinski definition) is 4. The van der Waals surface area contributed by atoms with Crippen LogP contribution in [0, 0.1) is 0 Å². The van der Waals surface area contributed by atoms with Crippen molar-refractivity contribution >= 4 is 27.3 Å². The van der Waals surface area contributed by atoms with E-state index in [1.807, 2.05) is 6.07 Å². The van der Waals surface area contributed by atoms with Crippen LogP contribution in [-0.2, 0) is 0 Å². The van der Waals surface area contributed by atoms with Crippen molar-refractivity contribution in [2.24, 2.45) is 0 Å². The Kier molecular flexibility index (Phi) is 3.54. The predicted octanol–water partition coefficient (Wildman–Crippen LogP) is 2.88. The lowest BCUT2D eigenvalue weighted by atomic mass is 10.0. The molecule has 4 rings (SSSR count). The molecule has 1 fully saturated rings. The van der Waals surface area contributed by atoms with Crippen LogP contribution in [0.2, 0.25) is 0 Å². The molecule has 2 N–H and O–H groups in total. The molecule has 4 nitrogen and oxygen atoms in total. The van der Waals surface area contributed by atoms with Crippen molar-refractivity contribution in [1.82, 2.24) is 10.6 Å². The molecule has 1 saturated heterocycles. The van der Waals surface area contributed by atoms with Crippen molar-refractivity contribution < 1.29 is 9.53 Å². The quantitative estimate of drug-likeness (QED) is 0.896. The molecule has 0 bridgehead atoms. The predicted molar refractivity (Wildman–Crippen MR) is 89.1 cm³/mol. The molecule has 2 atom stereocenters. The average molecular weight is 316 g/mol. The number of rotatable bonds is 2.